The van der Waals surface area contributed by atoms with E-state index >= 15 is 0 Å². The summed E-state index contributed by atoms with van der Waals surface area (Å²) in [5.74, 6) is -0.990. The number of thiophene rings is 1. The molecule has 0 atom stereocenters. The quantitative estimate of drug-likeness (QED) is 0.856. The van der Waals surface area contributed by atoms with E-state index in [4.69, 9.17) is 5.11 Å². The van der Waals surface area contributed by atoms with Crippen molar-refractivity contribution in [2.45, 2.75) is 29.0 Å². The predicted octanol–water partition coefficient (Wildman–Crippen LogP) is 1.80. The van der Waals surface area contributed by atoms with Crippen LogP contribution >= 0.6 is 27.3 Å². The van der Waals surface area contributed by atoms with Crippen LogP contribution in [0.2, 0.25) is 0 Å². The van der Waals surface area contributed by atoms with Gasteiger partial charge in [-0.15, -0.1) is 11.3 Å². The molecule has 1 aromatic heterocycles. The Balaban J connectivity index is 2.19. The van der Waals surface area contributed by atoms with Crippen molar-refractivity contribution in [3.05, 3.63) is 15.9 Å². The Labute approximate surface area is 111 Å². The van der Waals surface area contributed by atoms with E-state index in [0.717, 1.165) is 11.3 Å². The second-order valence-electron chi connectivity index (χ2n) is 4.01. The summed E-state index contributed by atoms with van der Waals surface area (Å²) in [4.78, 5) is 10.7. The zero-order valence-corrected chi connectivity index (χ0v) is 11.9. The third-order valence-corrected chi connectivity index (χ3v) is 6.77. The molecule has 8 heteroatoms. The maximum Gasteiger partial charge on any atom is 0.305 e. The summed E-state index contributed by atoms with van der Waals surface area (Å²) in [6.07, 6.45) is 0.971. The highest BCUT2D eigenvalue weighted by Crippen LogP contribution is 2.41. The minimum Gasteiger partial charge on any atom is -0.481 e. The van der Waals surface area contributed by atoms with Crippen molar-refractivity contribution in [3.8, 4) is 0 Å². The zero-order chi connectivity index (χ0) is 12.7. The van der Waals surface area contributed by atoms with Crippen LogP contribution < -0.4 is 4.72 Å². The molecule has 1 saturated carbocycles. The van der Waals surface area contributed by atoms with Crippen molar-refractivity contribution >= 4 is 43.3 Å². The maximum absolute atomic E-state index is 12.0. The zero-order valence-electron chi connectivity index (χ0n) is 8.64. The Bertz CT molecular complexity index is 547. The van der Waals surface area contributed by atoms with Crippen molar-refractivity contribution in [1.82, 2.24) is 4.72 Å². The minimum atomic E-state index is -3.63. The molecule has 1 heterocycles. The van der Waals surface area contributed by atoms with Gasteiger partial charge in [-0.3, -0.25) is 4.79 Å². The van der Waals surface area contributed by atoms with Crippen LogP contribution in [-0.4, -0.2) is 25.0 Å². The molecule has 2 rings (SSSR count). The highest BCUT2D eigenvalue weighted by Gasteiger charge is 2.48. The second-order valence-corrected chi connectivity index (χ2v) is 7.66. The summed E-state index contributed by atoms with van der Waals surface area (Å²) in [7, 11) is -3.63. The van der Waals surface area contributed by atoms with Gasteiger partial charge in [0.2, 0.25) is 0 Å². The molecule has 1 aliphatic rings. The molecule has 2 N–H and O–H groups in total. The lowest BCUT2D eigenvalue weighted by molar-refractivity contribution is -0.137. The van der Waals surface area contributed by atoms with Crippen LogP contribution in [0.3, 0.4) is 0 Å². The van der Waals surface area contributed by atoms with Crippen LogP contribution in [0.15, 0.2) is 20.1 Å². The molecule has 0 bridgehead atoms. The van der Waals surface area contributed by atoms with Gasteiger partial charge in [0.25, 0.3) is 10.0 Å². The second kappa shape index (κ2) is 4.34. The van der Waals surface area contributed by atoms with E-state index < -0.39 is 21.5 Å². The summed E-state index contributed by atoms with van der Waals surface area (Å²) in [6, 6.07) is 1.65. The van der Waals surface area contributed by atoms with Crippen LogP contribution in [-0.2, 0) is 14.8 Å². The van der Waals surface area contributed by atoms with E-state index in [9.17, 15) is 13.2 Å². The van der Waals surface area contributed by atoms with Gasteiger partial charge in [-0.1, -0.05) is 0 Å². The molecule has 94 valence electrons. The van der Waals surface area contributed by atoms with E-state index in [0.29, 0.717) is 17.3 Å². The topological polar surface area (TPSA) is 83.5 Å². The highest BCUT2D eigenvalue weighted by atomic mass is 79.9. The molecule has 0 aliphatic heterocycles. The Morgan fingerprint density at radius 1 is 1.59 bits per heavy atom. The fourth-order valence-corrected chi connectivity index (χ4v) is 5.36. The third kappa shape index (κ3) is 2.87. The minimum absolute atomic E-state index is 0.171. The number of carboxylic acid groups (broad SMARTS) is 1. The van der Waals surface area contributed by atoms with Crippen LogP contribution in [0.1, 0.15) is 19.3 Å². The first-order valence-corrected chi connectivity index (χ1v) is 7.99. The van der Waals surface area contributed by atoms with Gasteiger partial charge >= 0.3 is 5.97 Å². The molecule has 1 aromatic rings. The molecular formula is C9H10BrNO4S2. The molecular weight excluding hydrogens is 330 g/mol. The number of carboxylic acids is 1. The van der Waals surface area contributed by atoms with Crippen LogP contribution in [0.4, 0.5) is 0 Å². The number of aliphatic carboxylic acids is 1. The molecule has 0 aromatic carbocycles. The molecule has 0 unspecified atom stereocenters. The number of hydrogen-bond donors (Lipinski definition) is 2. The van der Waals surface area contributed by atoms with Crippen LogP contribution in [0, 0.1) is 0 Å². The van der Waals surface area contributed by atoms with Crippen molar-refractivity contribution < 1.29 is 18.3 Å². The molecule has 0 saturated heterocycles. The van der Waals surface area contributed by atoms with Crippen molar-refractivity contribution in [3.63, 3.8) is 0 Å². The summed E-state index contributed by atoms with van der Waals surface area (Å²) in [6.45, 7) is 0. The van der Waals surface area contributed by atoms with Gasteiger partial charge in [0.15, 0.2) is 0 Å². The first-order chi connectivity index (χ1) is 7.85. The normalized spacial score (nSPS) is 17.9. The molecule has 0 spiro atoms. The lowest BCUT2D eigenvalue weighted by Crippen LogP contribution is -2.38. The monoisotopic (exact) mass is 339 g/mol. The van der Waals surface area contributed by atoms with E-state index in [1.54, 1.807) is 11.4 Å². The molecule has 0 amide bonds. The van der Waals surface area contributed by atoms with Gasteiger partial charge in [0.05, 0.1) is 6.42 Å². The van der Waals surface area contributed by atoms with Gasteiger partial charge in [-0.2, -0.15) is 0 Å². The largest absolute Gasteiger partial charge is 0.481 e. The SMILES string of the molecule is O=C(O)CC1(NS(=O)(=O)c2sccc2Br)CC1. The van der Waals surface area contributed by atoms with Gasteiger partial charge in [-0.05, 0) is 40.2 Å². The van der Waals surface area contributed by atoms with E-state index in [-0.39, 0.29) is 10.6 Å². The highest BCUT2D eigenvalue weighted by molar-refractivity contribution is 9.10. The lowest BCUT2D eigenvalue weighted by Gasteiger charge is -2.14. The number of rotatable bonds is 5. The lowest BCUT2D eigenvalue weighted by atomic mass is 10.2. The average Bonchev–Trinajstić information content (AvgIpc) is 2.74. The standard InChI is InChI=1S/C9H10BrNO4S2/c10-6-1-4-16-8(6)17(14,15)11-9(2-3-9)5-7(12)13/h1,4,11H,2-3,5H2,(H,12,13). The number of hydrogen-bond acceptors (Lipinski definition) is 4. The van der Waals surface area contributed by atoms with E-state index in [1.165, 1.54) is 0 Å². The Hall–Kier alpha value is -0.440. The maximum atomic E-state index is 12.0. The van der Waals surface area contributed by atoms with Gasteiger partial charge in [-0.25, -0.2) is 13.1 Å². The van der Waals surface area contributed by atoms with Crippen LogP contribution in [0.5, 0.6) is 0 Å². The number of nitrogens with one attached hydrogen (secondary N) is 1. The summed E-state index contributed by atoms with van der Waals surface area (Å²) in [5.41, 5.74) is -0.784. The van der Waals surface area contributed by atoms with Gasteiger partial charge in [0, 0.05) is 10.0 Å². The summed E-state index contributed by atoms with van der Waals surface area (Å²) < 4.78 is 27.2. The number of halogens is 1. The molecule has 1 fully saturated rings. The predicted molar refractivity (Wildman–Crippen MR) is 66.6 cm³/mol. The Morgan fingerprint density at radius 2 is 2.24 bits per heavy atom. The molecule has 1 aliphatic carbocycles. The first kappa shape index (κ1) is 13.0. The molecule has 5 nitrogen and oxygen atoms in total. The third-order valence-electron chi connectivity index (χ3n) is 2.52. The van der Waals surface area contributed by atoms with Gasteiger partial charge in [0.1, 0.15) is 4.21 Å². The Kier molecular flexibility index (Phi) is 3.32. The Morgan fingerprint density at radius 3 is 2.65 bits per heavy atom. The number of sulfonamides is 1. The molecule has 17 heavy (non-hydrogen) atoms. The smallest absolute Gasteiger partial charge is 0.305 e. The fraction of sp³-hybridized carbons (Fsp3) is 0.444. The van der Waals surface area contributed by atoms with Crippen LogP contribution in [0.25, 0.3) is 0 Å². The first-order valence-electron chi connectivity index (χ1n) is 4.83. The van der Waals surface area contributed by atoms with Crippen molar-refractivity contribution in [1.29, 1.82) is 0 Å². The van der Waals surface area contributed by atoms with Crippen molar-refractivity contribution in [2.24, 2.45) is 0 Å². The number of carbonyl (C=O) groups is 1. The fourth-order valence-electron chi connectivity index (χ4n) is 1.56. The van der Waals surface area contributed by atoms with E-state index in [1.807, 2.05) is 0 Å². The summed E-state index contributed by atoms with van der Waals surface area (Å²) >= 11 is 4.25. The van der Waals surface area contributed by atoms with E-state index in [2.05, 4.69) is 20.7 Å². The van der Waals surface area contributed by atoms with Gasteiger partial charge < -0.3 is 5.11 Å². The summed E-state index contributed by atoms with van der Waals surface area (Å²) in [5, 5.41) is 10.4. The molecule has 0 radical (unpaired) electrons. The average molecular weight is 340 g/mol. The van der Waals surface area contributed by atoms with Crippen molar-refractivity contribution in [2.75, 3.05) is 0 Å².